The van der Waals surface area contributed by atoms with Gasteiger partial charge in [0, 0.05) is 18.5 Å². The van der Waals surface area contributed by atoms with Gasteiger partial charge in [0.2, 0.25) is 0 Å². The minimum absolute atomic E-state index is 0.0657. The van der Waals surface area contributed by atoms with Gasteiger partial charge in [-0.25, -0.2) is 0 Å². The fourth-order valence-corrected chi connectivity index (χ4v) is 1.76. The van der Waals surface area contributed by atoms with Gasteiger partial charge in [0.05, 0.1) is 5.56 Å². The summed E-state index contributed by atoms with van der Waals surface area (Å²) in [4.78, 5) is 22.4. The smallest absolute Gasteiger partial charge is 0.416 e. The van der Waals surface area contributed by atoms with E-state index in [1.54, 1.807) is 6.92 Å². The Hall–Kier alpha value is -2.05. The van der Waals surface area contributed by atoms with Gasteiger partial charge < -0.3 is 10.4 Å². The van der Waals surface area contributed by atoms with Crippen LogP contribution in [0.2, 0.25) is 0 Å². The van der Waals surface area contributed by atoms with E-state index in [-0.39, 0.29) is 24.4 Å². The highest BCUT2D eigenvalue weighted by Gasteiger charge is 2.30. The topological polar surface area (TPSA) is 66.4 Å². The van der Waals surface area contributed by atoms with Crippen molar-refractivity contribution in [2.24, 2.45) is 5.92 Å². The number of carboxylic acids is 1. The number of hydrogen-bond acceptors (Lipinski definition) is 2. The van der Waals surface area contributed by atoms with Gasteiger partial charge in [-0.15, -0.1) is 0 Å². The van der Waals surface area contributed by atoms with E-state index in [0.29, 0.717) is 6.42 Å². The van der Waals surface area contributed by atoms with Crippen molar-refractivity contribution in [2.45, 2.75) is 25.9 Å². The largest absolute Gasteiger partial charge is 0.481 e. The van der Waals surface area contributed by atoms with Gasteiger partial charge >= 0.3 is 12.1 Å². The number of amides is 1. The van der Waals surface area contributed by atoms with Gasteiger partial charge in [0.15, 0.2) is 0 Å². The predicted molar refractivity (Wildman–Crippen MR) is 69.8 cm³/mol. The van der Waals surface area contributed by atoms with Gasteiger partial charge in [0.25, 0.3) is 5.91 Å². The summed E-state index contributed by atoms with van der Waals surface area (Å²) in [5.41, 5.74) is -0.718. The van der Waals surface area contributed by atoms with Crippen molar-refractivity contribution in [3.63, 3.8) is 0 Å². The normalized spacial score (nSPS) is 12.8. The molecule has 21 heavy (non-hydrogen) atoms. The summed E-state index contributed by atoms with van der Waals surface area (Å²) >= 11 is 0. The van der Waals surface area contributed by atoms with Crippen molar-refractivity contribution in [1.29, 1.82) is 0 Å². The van der Waals surface area contributed by atoms with Gasteiger partial charge in [-0.1, -0.05) is 13.3 Å². The van der Waals surface area contributed by atoms with Crippen LogP contribution in [-0.2, 0) is 11.0 Å². The molecule has 0 aliphatic carbocycles. The van der Waals surface area contributed by atoms with Gasteiger partial charge in [-0.05, 0) is 30.2 Å². The molecular formula is C14H16F3NO3. The van der Waals surface area contributed by atoms with Crippen LogP contribution in [0.25, 0.3) is 0 Å². The van der Waals surface area contributed by atoms with Crippen molar-refractivity contribution in [3.8, 4) is 0 Å². The highest BCUT2D eigenvalue weighted by Crippen LogP contribution is 2.29. The molecule has 0 aliphatic rings. The molecule has 0 saturated heterocycles. The molecule has 0 saturated carbocycles. The third kappa shape index (κ3) is 5.45. The van der Waals surface area contributed by atoms with Crippen LogP contribution in [-0.4, -0.2) is 23.5 Å². The van der Waals surface area contributed by atoms with Crippen molar-refractivity contribution < 1.29 is 27.9 Å². The zero-order valence-electron chi connectivity index (χ0n) is 11.4. The first-order valence-corrected chi connectivity index (χ1v) is 6.41. The molecule has 0 aliphatic heterocycles. The summed E-state index contributed by atoms with van der Waals surface area (Å²) in [6.45, 7) is 1.97. The minimum Gasteiger partial charge on any atom is -0.481 e. The monoisotopic (exact) mass is 303 g/mol. The third-order valence-electron chi connectivity index (χ3n) is 3.07. The molecule has 0 bridgehead atoms. The summed E-state index contributed by atoms with van der Waals surface area (Å²) in [5, 5.41) is 11.2. The van der Waals surface area contributed by atoms with Crippen molar-refractivity contribution in [2.75, 3.05) is 6.54 Å². The summed E-state index contributed by atoms with van der Waals surface area (Å²) in [6.07, 6.45) is -3.92. The lowest BCUT2D eigenvalue weighted by atomic mass is 10.0. The van der Waals surface area contributed by atoms with Crippen LogP contribution in [0.15, 0.2) is 24.3 Å². The number of halogens is 3. The molecule has 4 nitrogen and oxygen atoms in total. The molecule has 1 aromatic carbocycles. The summed E-state index contributed by atoms with van der Waals surface area (Å²) in [5.74, 6) is -1.68. The Bertz CT molecular complexity index is 497. The van der Waals surface area contributed by atoms with E-state index in [2.05, 4.69) is 5.32 Å². The van der Waals surface area contributed by atoms with E-state index in [1.165, 1.54) is 0 Å². The second kappa shape index (κ2) is 7.10. The van der Waals surface area contributed by atoms with Crippen LogP contribution in [0.5, 0.6) is 0 Å². The minimum atomic E-state index is -4.44. The Morgan fingerprint density at radius 1 is 1.24 bits per heavy atom. The van der Waals surface area contributed by atoms with Crippen LogP contribution in [0.3, 0.4) is 0 Å². The molecule has 2 N–H and O–H groups in total. The lowest BCUT2D eigenvalue weighted by Crippen LogP contribution is -2.30. The van der Waals surface area contributed by atoms with E-state index in [9.17, 15) is 22.8 Å². The average Bonchev–Trinajstić information content (AvgIpc) is 2.41. The molecule has 0 aromatic heterocycles. The molecule has 1 amide bonds. The lowest BCUT2D eigenvalue weighted by Gasteiger charge is -2.13. The van der Waals surface area contributed by atoms with Crippen LogP contribution in [0.4, 0.5) is 13.2 Å². The Balaban J connectivity index is 2.61. The number of rotatable bonds is 6. The zero-order valence-corrected chi connectivity index (χ0v) is 11.4. The maximum Gasteiger partial charge on any atom is 0.416 e. The fraction of sp³-hybridized carbons (Fsp3) is 0.429. The Morgan fingerprint density at radius 2 is 1.81 bits per heavy atom. The molecule has 0 radical (unpaired) electrons. The standard InChI is InChI=1S/C14H16F3NO3/c1-2-9(7-12(19)20)8-18-13(21)10-3-5-11(6-4-10)14(15,16)17/h3-6,9H,2,7-8H2,1H3,(H,18,21)(H,19,20). The molecule has 1 unspecified atom stereocenters. The van der Waals surface area contributed by atoms with Crippen molar-refractivity contribution >= 4 is 11.9 Å². The average molecular weight is 303 g/mol. The van der Waals surface area contributed by atoms with Gasteiger partial charge in [0.1, 0.15) is 0 Å². The Kier molecular flexibility index (Phi) is 5.75. The summed E-state index contributed by atoms with van der Waals surface area (Å²) in [7, 11) is 0. The number of nitrogens with one attached hydrogen (secondary N) is 1. The summed E-state index contributed by atoms with van der Waals surface area (Å²) < 4.78 is 37.2. The van der Waals surface area contributed by atoms with Crippen molar-refractivity contribution in [3.05, 3.63) is 35.4 Å². The second-order valence-electron chi connectivity index (χ2n) is 4.66. The summed E-state index contributed by atoms with van der Waals surface area (Å²) in [6, 6.07) is 3.86. The maximum atomic E-state index is 12.4. The number of hydrogen-bond donors (Lipinski definition) is 2. The van der Waals surface area contributed by atoms with Crippen LogP contribution in [0.1, 0.15) is 35.7 Å². The van der Waals surface area contributed by atoms with Gasteiger partial charge in [-0.2, -0.15) is 13.2 Å². The van der Waals surface area contributed by atoms with Crippen molar-refractivity contribution in [1.82, 2.24) is 5.32 Å². The first-order valence-electron chi connectivity index (χ1n) is 6.41. The maximum absolute atomic E-state index is 12.4. The zero-order chi connectivity index (χ0) is 16.0. The van der Waals surface area contributed by atoms with Crippen LogP contribution < -0.4 is 5.32 Å². The third-order valence-corrected chi connectivity index (χ3v) is 3.07. The fourth-order valence-electron chi connectivity index (χ4n) is 1.76. The second-order valence-corrected chi connectivity index (χ2v) is 4.66. The van der Waals surface area contributed by atoms with Crippen LogP contribution >= 0.6 is 0 Å². The highest BCUT2D eigenvalue weighted by atomic mass is 19.4. The van der Waals surface area contributed by atoms with E-state index < -0.39 is 23.6 Å². The lowest BCUT2D eigenvalue weighted by molar-refractivity contribution is -0.138. The molecular weight excluding hydrogens is 287 g/mol. The SMILES string of the molecule is CCC(CNC(=O)c1ccc(C(F)(F)F)cc1)CC(=O)O. The quantitative estimate of drug-likeness (QED) is 0.849. The number of aliphatic carboxylic acids is 1. The number of carbonyl (C=O) groups excluding carboxylic acids is 1. The number of alkyl halides is 3. The van der Waals surface area contributed by atoms with E-state index in [1.807, 2.05) is 0 Å². The highest BCUT2D eigenvalue weighted by molar-refractivity contribution is 5.94. The van der Waals surface area contributed by atoms with E-state index >= 15 is 0 Å². The molecule has 0 heterocycles. The first kappa shape index (κ1) is 17.0. The van der Waals surface area contributed by atoms with E-state index in [4.69, 9.17) is 5.11 Å². The Labute approximate surface area is 120 Å². The molecule has 1 aromatic rings. The number of benzene rings is 1. The number of carboxylic acid groups (broad SMARTS) is 1. The molecule has 7 heteroatoms. The van der Waals surface area contributed by atoms with E-state index in [0.717, 1.165) is 24.3 Å². The Morgan fingerprint density at radius 3 is 2.24 bits per heavy atom. The first-order chi connectivity index (χ1) is 9.74. The molecule has 1 rings (SSSR count). The molecule has 1 atom stereocenters. The predicted octanol–water partition coefficient (Wildman–Crippen LogP) is 2.94. The molecule has 0 spiro atoms. The van der Waals surface area contributed by atoms with Gasteiger partial charge in [-0.3, -0.25) is 9.59 Å². The molecule has 116 valence electrons. The van der Waals surface area contributed by atoms with Crippen LogP contribution in [0, 0.1) is 5.92 Å². The molecule has 0 fully saturated rings. The number of carbonyl (C=O) groups is 2.